The number of carbonyl (C=O) groups excluding carboxylic acids is 1. The van der Waals surface area contributed by atoms with Gasteiger partial charge in [-0.1, -0.05) is 66.4 Å². The van der Waals surface area contributed by atoms with Crippen LogP contribution in [0.5, 0.6) is 0 Å². The Bertz CT molecular complexity index is 1270. The molecule has 0 unspecified atom stereocenters. The Morgan fingerprint density at radius 3 is 2.30 bits per heavy atom. The van der Waals surface area contributed by atoms with Gasteiger partial charge in [0.15, 0.2) is 5.82 Å². The molecular formula is C35H56N6O2. The van der Waals surface area contributed by atoms with Crippen LogP contribution in [0.2, 0.25) is 0 Å². The largest absolute Gasteiger partial charge is 0.388 e. The van der Waals surface area contributed by atoms with E-state index in [-0.39, 0.29) is 12.5 Å². The predicted molar refractivity (Wildman–Crippen MR) is 183 cm³/mol. The molecule has 1 fully saturated rings. The summed E-state index contributed by atoms with van der Waals surface area (Å²) in [5.74, 6) is 4.16. The fourth-order valence-electron chi connectivity index (χ4n) is 4.62. The summed E-state index contributed by atoms with van der Waals surface area (Å²) >= 11 is 0. The number of nitrogens with zero attached hydrogens (tertiary/aromatic N) is 4. The van der Waals surface area contributed by atoms with Gasteiger partial charge in [-0.15, -0.1) is 12.3 Å². The van der Waals surface area contributed by atoms with Crippen LogP contribution in [0.4, 0.5) is 5.82 Å². The zero-order valence-corrected chi connectivity index (χ0v) is 28.1. The zero-order chi connectivity index (χ0) is 32.8. The van der Waals surface area contributed by atoms with Crippen molar-refractivity contribution in [1.29, 1.82) is 0 Å². The second kappa shape index (κ2) is 22.8. The molecule has 1 saturated carbocycles. The highest BCUT2D eigenvalue weighted by Gasteiger charge is 2.18. The SMILES string of the molecule is C#CC.CC.CC.CC(=O)NCCCCn1c(CO)nc2c(N)nc(/C=C(\C)c3cccnc3)c(C)c21.CC1CCCC1. The number of aromatic nitrogens is 4. The number of nitrogen functional groups attached to an aromatic ring is 1. The lowest BCUT2D eigenvalue weighted by atomic mass is 10.1. The first-order valence-electron chi connectivity index (χ1n) is 15.7. The monoisotopic (exact) mass is 592 g/mol. The average molecular weight is 593 g/mol. The highest BCUT2D eigenvalue weighted by Crippen LogP contribution is 2.29. The van der Waals surface area contributed by atoms with Crippen LogP contribution in [0, 0.1) is 25.2 Å². The van der Waals surface area contributed by atoms with E-state index < -0.39 is 0 Å². The number of carbonyl (C=O) groups is 1. The third-order valence-corrected chi connectivity index (χ3v) is 6.71. The second-order valence-corrected chi connectivity index (χ2v) is 9.98. The number of hydrogen-bond acceptors (Lipinski definition) is 6. The van der Waals surface area contributed by atoms with Gasteiger partial charge in [-0.05, 0) is 62.8 Å². The Morgan fingerprint density at radius 1 is 1.19 bits per heavy atom. The molecule has 1 aliphatic carbocycles. The van der Waals surface area contributed by atoms with E-state index in [1.165, 1.54) is 32.6 Å². The minimum atomic E-state index is -0.181. The van der Waals surface area contributed by atoms with Crippen LogP contribution >= 0.6 is 0 Å². The van der Waals surface area contributed by atoms with Gasteiger partial charge in [-0.3, -0.25) is 9.78 Å². The summed E-state index contributed by atoms with van der Waals surface area (Å²) in [5.41, 5.74) is 11.5. The molecule has 1 amide bonds. The van der Waals surface area contributed by atoms with Gasteiger partial charge < -0.3 is 20.7 Å². The van der Waals surface area contributed by atoms with Gasteiger partial charge in [0.2, 0.25) is 5.91 Å². The van der Waals surface area contributed by atoms with Gasteiger partial charge in [-0.2, -0.15) is 0 Å². The number of anilines is 1. The average Bonchev–Trinajstić information content (AvgIpc) is 3.65. The summed E-state index contributed by atoms with van der Waals surface area (Å²) in [6.45, 7) is 18.6. The molecule has 1 aliphatic rings. The summed E-state index contributed by atoms with van der Waals surface area (Å²) in [7, 11) is 0. The first kappa shape index (κ1) is 39.3. The summed E-state index contributed by atoms with van der Waals surface area (Å²) in [4.78, 5) is 24.3. The molecule has 3 aromatic rings. The lowest BCUT2D eigenvalue weighted by Crippen LogP contribution is -2.21. The predicted octanol–water partition coefficient (Wildman–Crippen LogP) is 7.57. The first-order chi connectivity index (χ1) is 20.7. The molecule has 8 nitrogen and oxygen atoms in total. The normalized spacial score (nSPS) is 12.3. The Balaban J connectivity index is 0.00000114. The maximum atomic E-state index is 11.0. The number of aliphatic hydroxyl groups is 1. The molecule has 8 heteroatoms. The molecule has 4 rings (SSSR count). The quantitative estimate of drug-likeness (QED) is 0.183. The maximum absolute atomic E-state index is 11.0. The van der Waals surface area contributed by atoms with Crippen molar-refractivity contribution in [3.8, 4) is 12.3 Å². The van der Waals surface area contributed by atoms with Gasteiger partial charge in [-0.25, -0.2) is 9.97 Å². The van der Waals surface area contributed by atoms with Crippen LogP contribution in [0.25, 0.3) is 22.7 Å². The number of hydrogen-bond donors (Lipinski definition) is 3. The lowest BCUT2D eigenvalue weighted by Gasteiger charge is -2.12. The van der Waals surface area contributed by atoms with Crippen molar-refractivity contribution < 1.29 is 9.90 Å². The molecule has 0 atom stereocenters. The van der Waals surface area contributed by atoms with Gasteiger partial charge in [0.05, 0.1) is 11.2 Å². The van der Waals surface area contributed by atoms with Crippen molar-refractivity contribution in [2.24, 2.45) is 5.92 Å². The minimum Gasteiger partial charge on any atom is -0.388 e. The van der Waals surface area contributed by atoms with Gasteiger partial charge in [0, 0.05) is 38.0 Å². The Hall–Kier alpha value is -3.70. The highest BCUT2D eigenvalue weighted by atomic mass is 16.3. The van der Waals surface area contributed by atoms with Gasteiger partial charge in [0.25, 0.3) is 0 Å². The smallest absolute Gasteiger partial charge is 0.216 e. The molecule has 0 spiro atoms. The van der Waals surface area contributed by atoms with Gasteiger partial charge >= 0.3 is 0 Å². The number of fused-ring (bicyclic) bond motifs is 1. The van der Waals surface area contributed by atoms with E-state index in [0.717, 1.165) is 46.7 Å². The third kappa shape index (κ3) is 13.4. The molecule has 43 heavy (non-hydrogen) atoms. The lowest BCUT2D eigenvalue weighted by molar-refractivity contribution is -0.118. The van der Waals surface area contributed by atoms with Gasteiger partial charge in [0.1, 0.15) is 17.9 Å². The van der Waals surface area contributed by atoms with E-state index in [1.807, 2.05) is 70.5 Å². The van der Waals surface area contributed by atoms with E-state index in [2.05, 4.69) is 39.5 Å². The third-order valence-electron chi connectivity index (χ3n) is 6.71. The van der Waals surface area contributed by atoms with Crippen LogP contribution < -0.4 is 11.1 Å². The fraction of sp³-hybridized carbons (Fsp3) is 0.543. The van der Waals surface area contributed by atoms with Crippen LogP contribution in [-0.2, 0) is 17.9 Å². The molecular weight excluding hydrogens is 536 g/mol. The number of unbranched alkanes of at least 4 members (excludes halogenated alkanes) is 1. The number of pyridine rings is 2. The summed E-state index contributed by atoms with van der Waals surface area (Å²) < 4.78 is 2.01. The van der Waals surface area contributed by atoms with Crippen molar-refractivity contribution >= 4 is 34.4 Å². The molecule has 0 aromatic carbocycles. The van der Waals surface area contributed by atoms with E-state index >= 15 is 0 Å². The van der Waals surface area contributed by atoms with Crippen molar-refractivity contribution in [2.45, 2.75) is 114 Å². The Labute approximate surface area is 260 Å². The number of terminal acetylenes is 1. The number of aryl methyl sites for hydroxylation is 2. The highest BCUT2D eigenvalue weighted by molar-refractivity contribution is 5.92. The number of allylic oxidation sites excluding steroid dienone is 1. The molecule has 3 heterocycles. The number of amides is 1. The van der Waals surface area contributed by atoms with Crippen molar-refractivity contribution in [3.05, 3.63) is 47.2 Å². The maximum Gasteiger partial charge on any atom is 0.216 e. The summed E-state index contributed by atoms with van der Waals surface area (Å²) in [5, 5.41) is 12.6. The van der Waals surface area contributed by atoms with Crippen LogP contribution in [-0.4, -0.2) is 37.1 Å². The van der Waals surface area contributed by atoms with Crippen molar-refractivity contribution in [3.63, 3.8) is 0 Å². The molecule has 4 N–H and O–H groups in total. The Kier molecular flexibility index (Phi) is 20.9. The first-order valence-corrected chi connectivity index (χ1v) is 15.7. The number of nitrogens with two attached hydrogens (primary N) is 1. The fourth-order valence-corrected chi connectivity index (χ4v) is 4.62. The number of aliphatic hydroxyl groups excluding tert-OH is 1. The van der Waals surface area contributed by atoms with Crippen molar-refractivity contribution in [2.75, 3.05) is 12.3 Å². The number of rotatable bonds is 8. The van der Waals surface area contributed by atoms with E-state index in [9.17, 15) is 9.90 Å². The van der Waals surface area contributed by atoms with Crippen LogP contribution in [0.1, 0.15) is 117 Å². The van der Waals surface area contributed by atoms with E-state index in [1.54, 1.807) is 13.1 Å². The second-order valence-electron chi connectivity index (χ2n) is 9.98. The molecule has 0 saturated heterocycles. The molecule has 238 valence electrons. The zero-order valence-electron chi connectivity index (χ0n) is 28.1. The summed E-state index contributed by atoms with van der Waals surface area (Å²) in [6, 6.07) is 3.90. The Morgan fingerprint density at radius 2 is 1.81 bits per heavy atom. The van der Waals surface area contributed by atoms with Crippen LogP contribution in [0.15, 0.2) is 24.5 Å². The van der Waals surface area contributed by atoms with E-state index in [4.69, 9.17) is 5.73 Å². The van der Waals surface area contributed by atoms with Crippen LogP contribution in [0.3, 0.4) is 0 Å². The standard InChI is InChI=1S/C22H28N6O2.C6H12.C3H4.2C2H6/c1-14(17-7-6-8-24-12-17)11-18-15(2)21-20(22(23)26-18)27-19(13-29)28(21)10-5-4-9-25-16(3)30;1-6-4-2-3-5-6;1-3-2;2*1-2/h6-8,11-12,29H,4-5,9-10,13H2,1-3H3,(H2,23,26)(H,25,30);6H,2-5H2,1H3;1H,2H3;2*1-2H3/b14-11+;;;;. The number of nitrogens with one attached hydrogen (secondary N) is 1. The molecule has 0 aliphatic heterocycles. The topological polar surface area (TPSA) is 119 Å². The molecule has 0 bridgehead atoms. The molecule has 0 radical (unpaired) electrons. The minimum absolute atomic E-state index is 0.0331. The number of imidazole rings is 1. The summed E-state index contributed by atoms with van der Waals surface area (Å²) in [6.07, 6.45) is 17.8. The molecule has 3 aromatic heterocycles. The van der Waals surface area contributed by atoms with E-state index in [0.29, 0.717) is 30.2 Å². The van der Waals surface area contributed by atoms with Crippen molar-refractivity contribution in [1.82, 2.24) is 24.8 Å².